The Morgan fingerprint density at radius 1 is 0.722 bits per heavy atom. The first kappa shape index (κ1) is 12.7. The highest BCUT2D eigenvalue weighted by Crippen LogP contribution is 2.32. The molecule has 0 fully saturated rings. The van der Waals surface area contributed by atoms with E-state index >= 15 is 0 Å². The Hall–Kier alpha value is -1.72. The molecule has 0 amide bonds. The predicted molar refractivity (Wildman–Crippen MR) is 52.8 cm³/mol. The van der Waals surface area contributed by atoms with Crippen LogP contribution in [0.2, 0.25) is 0 Å². The van der Waals surface area contributed by atoms with Gasteiger partial charge in [0.15, 0.2) is 34.9 Å². The number of benzene rings is 2. The van der Waals surface area contributed by atoms with Gasteiger partial charge in [0.1, 0.15) is 0 Å². The Kier molecular flexibility index (Phi) is 2.96. The van der Waals surface area contributed by atoms with Gasteiger partial charge in [-0.1, -0.05) is 0 Å². The topological polar surface area (TPSA) is 0 Å². The summed E-state index contributed by atoms with van der Waals surface area (Å²) in [5.74, 6) is -11.2. The summed E-state index contributed by atoms with van der Waals surface area (Å²) in [6.45, 7) is 3.31. The van der Waals surface area contributed by atoms with E-state index in [1.54, 1.807) is 0 Å². The van der Waals surface area contributed by atoms with Crippen molar-refractivity contribution in [2.75, 3.05) is 0 Å². The van der Waals surface area contributed by atoms with E-state index < -0.39 is 45.7 Å². The van der Waals surface area contributed by atoms with Crippen LogP contribution in [0.1, 0.15) is 5.56 Å². The summed E-state index contributed by atoms with van der Waals surface area (Å²) in [5.41, 5.74) is -0.251. The van der Waals surface area contributed by atoms with Gasteiger partial charge in [-0.2, -0.15) is 0 Å². The molecule has 0 unspecified atom stereocenters. The highest BCUT2D eigenvalue weighted by atomic mass is 19.2. The van der Waals surface area contributed by atoms with E-state index in [0.29, 0.717) is 6.07 Å². The van der Waals surface area contributed by atoms with Crippen molar-refractivity contribution in [2.24, 2.45) is 0 Å². The minimum Gasteiger partial charge on any atom is -0.204 e. The van der Waals surface area contributed by atoms with Crippen molar-refractivity contribution >= 4 is 10.8 Å². The Morgan fingerprint density at radius 3 is 1.72 bits per heavy atom. The molecule has 0 aliphatic rings. The third kappa shape index (κ3) is 1.55. The number of halogens is 6. The fraction of sp³-hybridized carbons (Fsp3) is 0.0833. The average Bonchev–Trinajstić information content (AvgIpc) is 2.36. The van der Waals surface area contributed by atoms with Gasteiger partial charge >= 0.3 is 0 Å². The highest BCUT2D eigenvalue weighted by Gasteiger charge is 2.26. The van der Waals surface area contributed by atoms with Crippen LogP contribution in [0.3, 0.4) is 0 Å². The van der Waals surface area contributed by atoms with Crippen LogP contribution in [0, 0.1) is 41.8 Å². The van der Waals surface area contributed by atoms with Crippen LogP contribution in [0.15, 0.2) is 6.07 Å². The SMILES string of the molecule is [CH2]Cc1cc(F)c(F)c2c(F)c(F)c(F)c(F)c12. The molecule has 95 valence electrons. The van der Waals surface area contributed by atoms with E-state index in [-0.39, 0.29) is 12.0 Å². The lowest BCUT2D eigenvalue weighted by Crippen LogP contribution is -2.04. The number of rotatable bonds is 1. The van der Waals surface area contributed by atoms with Gasteiger partial charge < -0.3 is 0 Å². The standard InChI is InChI=1S/C12H5F6/c1-2-4-3-5(13)8(14)7-6(4)9(15)11(17)12(18)10(7)16/h3H,1-2H2. The van der Waals surface area contributed by atoms with E-state index in [2.05, 4.69) is 6.92 Å². The monoisotopic (exact) mass is 263 g/mol. The summed E-state index contributed by atoms with van der Waals surface area (Å²) in [6.07, 6.45) is -0.241. The lowest BCUT2D eigenvalue weighted by atomic mass is 10.00. The maximum absolute atomic E-state index is 13.5. The van der Waals surface area contributed by atoms with Crippen LogP contribution < -0.4 is 0 Å². The molecule has 0 aliphatic heterocycles. The van der Waals surface area contributed by atoms with Gasteiger partial charge in [-0.15, -0.1) is 0 Å². The van der Waals surface area contributed by atoms with Crippen molar-refractivity contribution in [1.82, 2.24) is 0 Å². The van der Waals surface area contributed by atoms with Crippen LogP contribution in [0.4, 0.5) is 26.3 Å². The van der Waals surface area contributed by atoms with Crippen LogP contribution in [0.5, 0.6) is 0 Å². The van der Waals surface area contributed by atoms with Gasteiger partial charge in [0, 0.05) is 5.39 Å². The second-order valence-corrected chi connectivity index (χ2v) is 3.59. The molecule has 18 heavy (non-hydrogen) atoms. The molecule has 0 nitrogen and oxygen atoms in total. The van der Waals surface area contributed by atoms with E-state index in [0.717, 1.165) is 0 Å². The molecule has 2 aromatic rings. The molecule has 0 aliphatic carbocycles. The van der Waals surface area contributed by atoms with Crippen molar-refractivity contribution in [3.8, 4) is 0 Å². The van der Waals surface area contributed by atoms with Gasteiger partial charge in [0.25, 0.3) is 0 Å². The summed E-state index contributed by atoms with van der Waals surface area (Å²) in [5, 5.41) is -2.08. The van der Waals surface area contributed by atoms with Crippen LogP contribution in [-0.4, -0.2) is 0 Å². The van der Waals surface area contributed by atoms with E-state index in [1.807, 2.05) is 0 Å². The summed E-state index contributed by atoms with van der Waals surface area (Å²) in [4.78, 5) is 0. The van der Waals surface area contributed by atoms with Gasteiger partial charge in [-0.3, -0.25) is 0 Å². The zero-order chi connectivity index (χ0) is 13.6. The Labute approximate surface area is 97.8 Å². The molecule has 6 heteroatoms. The van der Waals surface area contributed by atoms with Crippen molar-refractivity contribution < 1.29 is 26.3 Å². The largest absolute Gasteiger partial charge is 0.204 e. The van der Waals surface area contributed by atoms with Crippen molar-refractivity contribution in [1.29, 1.82) is 0 Å². The first-order chi connectivity index (χ1) is 8.40. The van der Waals surface area contributed by atoms with Crippen LogP contribution in [-0.2, 0) is 6.42 Å². The van der Waals surface area contributed by atoms with Gasteiger partial charge in [0.05, 0.1) is 5.39 Å². The first-order valence-corrected chi connectivity index (χ1v) is 4.81. The highest BCUT2D eigenvalue weighted by molar-refractivity contribution is 5.88. The molecule has 2 rings (SSSR count). The third-order valence-corrected chi connectivity index (χ3v) is 2.59. The number of hydrogen-bond acceptors (Lipinski definition) is 0. The molecule has 0 aromatic heterocycles. The normalized spacial score (nSPS) is 11.3. The van der Waals surface area contributed by atoms with E-state index in [1.165, 1.54) is 0 Å². The first-order valence-electron chi connectivity index (χ1n) is 4.81. The number of fused-ring (bicyclic) bond motifs is 1. The maximum atomic E-state index is 13.5. The second-order valence-electron chi connectivity index (χ2n) is 3.59. The van der Waals surface area contributed by atoms with Gasteiger partial charge in [0.2, 0.25) is 0 Å². The molecular formula is C12H5F6. The third-order valence-electron chi connectivity index (χ3n) is 2.59. The molecule has 0 saturated carbocycles. The quantitative estimate of drug-likeness (QED) is 0.413. The molecule has 0 heterocycles. The Balaban J connectivity index is 3.14. The Bertz CT molecular complexity index is 647. The average molecular weight is 263 g/mol. The van der Waals surface area contributed by atoms with E-state index in [9.17, 15) is 26.3 Å². The predicted octanol–water partition coefficient (Wildman–Crippen LogP) is 4.05. The lowest BCUT2D eigenvalue weighted by molar-refractivity contribution is 0.414. The van der Waals surface area contributed by atoms with E-state index in [4.69, 9.17) is 0 Å². The molecule has 0 atom stereocenters. The van der Waals surface area contributed by atoms with Crippen LogP contribution in [0.25, 0.3) is 10.8 Å². The van der Waals surface area contributed by atoms with Crippen molar-refractivity contribution in [2.45, 2.75) is 6.42 Å². The summed E-state index contributed by atoms with van der Waals surface area (Å²) < 4.78 is 79.4. The Morgan fingerprint density at radius 2 is 1.22 bits per heavy atom. The summed E-state index contributed by atoms with van der Waals surface area (Å²) in [6, 6.07) is 0.574. The smallest absolute Gasteiger partial charge is 0.198 e. The molecule has 0 bridgehead atoms. The fourth-order valence-corrected chi connectivity index (χ4v) is 1.74. The van der Waals surface area contributed by atoms with Crippen molar-refractivity contribution in [3.05, 3.63) is 53.5 Å². The molecule has 1 radical (unpaired) electrons. The molecule has 2 aromatic carbocycles. The molecule has 0 saturated heterocycles. The minimum atomic E-state index is -2.18. The number of hydrogen-bond donors (Lipinski definition) is 0. The molecular weight excluding hydrogens is 258 g/mol. The summed E-state index contributed by atoms with van der Waals surface area (Å²) >= 11 is 0. The van der Waals surface area contributed by atoms with Gasteiger partial charge in [-0.05, 0) is 25.0 Å². The molecule has 0 N–H and O–H groups in total. The molecule has 0 spiro atoms. The minimum absolute atomic E-state index is 0.241. The lowest BCUT2D eigenvalue weighted by Gasteiger charge is -2.10. The van der Waals surface area contributed by atoms with Crippen LogP contribution >= 0.6 is 0 Å². The summed E-state index contributed by atoms with van der Waals surface area (Å²) in [7, 11) is 0. The maximum Gasteiger partial charge on any atom is 0.198 e. The zero-order valence-electron chi connectivity index (χ0n) is 8.76. The fourth-order valence-electron chi connectivity index (χ4n) is 1.74. The second kappa shape index (κ2) is 4.19. The zero-order valence-corrected chi connectivity index (χ0v) is 8.76. The van der Waals surface area contributed by atoms with Crippen molar-refractivity contribution in [3.63, 3.8) is 0 Å². The van der Waals surface area contributed by atoms with Gasteiger partial charge in [-0.25, -0.2) is 26.3 Å².